The lowest BCUT2D eigenvalue weighted by Gasteiger charge is -2.23. The Labute approximate surface area is 219 Å². The zero-order valence-corrected chi connectivity index (χ0v) is 21.3. The van der Waals surface area contributed by atoms with Gasteiger partial charge in [0.05, 0.1) is 24.6 Å². The highest BCUT2D eigenvalue weighted by molar-refractivity contribution is 5.86. The third-order valence-corrected chi connectivity index (χ3v) is 5.83. The molecule has 0 saturated heterocycles. The Balaban J connectivity index is 2.01. The first kappa shape index (κ1) is 29.5. The monoisotopic (exact) mass is 506 g/mol. The summed E-state index contributed by atoms with van der Waals surface area (Å²) in [5.74, 6) is -1.65. The first-order chi connectivity index (χ1) is 17.9. The van der Waals surface area contributed by atoms with Crippen LogP contribution in [0.2, 0.25) is 0 Å². The average Bonchev–Trinajstić information content (AvgIpc) is 2.91. The van der Waals surface area contributed by atoms with E-state index >= 15 is 0 Å². The number of allylic oxidation sites excluding steroid dienone is 2. The molecule has 37 heavy (non-hydrogen) atoms. The van der Waals surface area contributed by atoms with Gasteiger partial charge in [-0.15, -0.1) is 13.2 Å². The van der Waals surface area contributed by atoms with Gasteiger partial charge in [0.15, 0.2) is 0 Å². The Hall–Kier alpha value is -3.71. The van der Waals surface area contributed by atoms with Crippen LogP contribution in [0.4, 0.5) is 0 Å². The molecule has 0 fully saturated rings. The quantitative estimate of drug-likeness (QED) is 0.225. The van der Waals surface area contributed by atoms with Crippen LogP contribution in [-0.2, 0) is 32.0 Å². The fourth-order valence-corrected chi connectivity index (χ4v) is 3.91. The molecule has 2 amide bonds. The second-order valence-corrected chi connectivity index (χ2v) is 8.97. The van der Waals surface area contributed by atoms with Crippen LogP contribution in [-0.4, -0.2) is 48.2 Å². The van der Waals surface area contributed by atoms with E-state index in [9.17, 15) is 19.5 Å². The molecular formula is C30H38N2O5. The molecule has 0 aromatic heterocycles. The zero-order valence-electron chi connectivity index (χ0n) is 21.3. The molecule has 3 unspecified atom stereocenters. The van der Waals surface area contributed by atoms with Crippen LogP contribution in [0.25, 0.3) is 0 Å². The SMILES string of the molecule is C=CCCC(=O)OCC(Cc1ccccc1)NC(=O)C(CC=C)CC(=O)NC(CO)Cc1ccccc1. The van der Waals surface area contributed by atoms with Crippen molar-refractivity contribution in [1.29, 1.82) is 0 Å². The van der Waals surface area contributed by atoms with Crippen LogP contribution in [0.3, 0.4) is 0 Å². The molecule has 0 aliphatic carbocycles. The second kappa shape index (κ2) is 16.9. The van der Waals surface area contributed by atoms with E-state index < -0.39 is 18.0 Å². The maximum absolute atomic E-state index is 13.2. The smallest absolute Gasteiger partial charge is 0.306 e. The zero-order chi connectivity index (χ0) is 26.9. The summed E-state index contributed by atoms with van der Waals surface area (Å²) in [4.78, 5) is 38.0. The van der Waals surface area contributed by atoms with Crippen LogP contribution < -0.4 is 10.6 Å². The maximum atomic E-state index is 13.2. The third-order valence-electron chi connectivity index (χ3n) is 5.83. The van der Waals surface area contributed by atoms with Gasteiger partial charge in [0.1, 0.15) is 6.61 Å². The van der Waals surface area contributed by atoms with Gasteiger partial charge >= 0.3 is 5.97 Å². The highest BCUT2D eigenvalue weighted by Gasteiger charge is 2.25. The van der Waals surface area contributed by atoms with E-state index in [2.05, 4.69) is 23.8 Å². The van der Waals surface area contributed by atoms with E-state index in [0.717, 1.165) is 11.1 Å². The van der Waals surface area contributed by atoms with Gasteiger partial charge in [-0.1, -0.05) is 72.8 Å². The Morgan fingerprint density at radius 1 is 0.865 bits per heavy atom. The van der Waals surface area contributed by atoms with Crippen molar-refractivity contribution in [2.45, 2.75) is 50.6 Å². The largest absolute Gasteiger partial charge is 0.463 e. The fraction of sp³-hybridized carbons (Fsp3) is 0.367. The normalized spacial score (nSPS) is 13.0. The molecule has 3 atom stereocenters. The summed E-state index contributed by atoms with van der Waals surface area (Å²) < 4.78 is 5.40. The van der Waals surface area contributed by atoms with Gasteiger partial charge in [0, 0.05) is 12.8 Å². The van der Waals surface area contributed by atoms with Crippen molar-refractivity contribution < 1.29 is 24.2 Å². The van der Waals surface area contributed by atoms with E-state index in [1.165, 1.54) is 0 Å². The Bertz CT molecular complexity index is 994. The minimum absolute atomic E-state index is 0.0211. The lowest BCUT2D eigenvalue weighted by molar-refractivity contribution is -0.145. The number of esters is 1. The number of rotatable bonds is 17. The number of aliphatic hydroxyl groups excluding tert-OH is 1. The van der Waals surface area contributed by atoms with E-state index in [0.29, 0.717) is 25.7 Å². The summed E-state index contributed by atoms with van der Waals surface area (Å²) in [6.45, 7) is 7.15. The minimum Gasteiger partial charge on any atom is -0.463 e. The lowest BCUT2D eigenvalue weighted by Crippen LogP contribution is -2.45. The Morgan fingerprint density at radius 2 is 1.46 bits per heavy atom. The number of carbonyl (C=O) groups excluding carboxylic acids is 3. The molecule has 2 aromatic carbocycles. The summed E-state index contributed by atoms with van der Waals surface area (Å²) in [6, 6.07) is 18.3. The molecule has 0 aliphatic rings. The molecule has 0 saturated carbocycles. The minimum atomic E-state index is -0.650. The summed E-state index contributed by atoms with van der Waals surface area (Å²) in [6.07, 6.45) is 5.20. The average molecular weight is 507 g/mol. The Morgan fingerprint density at radius 3 is 2.00 bits per heavy atom. The number of ether oxygens (including phenoxy) is 1. The summed E-state index contributed by atoms with van der Waals surface area (Å²) in [7, 11) is 0. The van der Waals surface area contributed by atoms with Gasteiger partial charge in [-0.05, 0) is 36.8 Å². The predicted molar refractivity (Wildman–Crippen MR) is 145 cm³/mol. The molecule has 7 nitrogen and oxygen atoms in total. The first-order valence-corrected chi connectivity index (χ1v) is 12.6. The van der Waals surface area contributed by atoms with Gasteiger partial charge < -0.3 is 20.5 Å². The molecule has 0 spiro atoms. The molecule has 198 valence electrons. The lowest BCUT2D eigenvalue weighted by atomic mass is 9.98. The molecule has 0 heterocycles. The van der Waals surface area contributed by atoms with Crippen molar-refractivity contribution >= 4 is 17.8 Å². The number of hydrogen-bond acceptors (Lipinski definition) is 5. The van der Waals surface area contributed by atoms with Gasteiger partial charge in [-0.3, -0.25) is 14.4 Å². The van der Waals surface area contributed by atoms with Crippen molar-refractivity contribution in [1.82, 2.24) is 10.6 Å². The van der Waals surface area contributed by atoms with Crippen LogP contribution >= 0.6 is 0 Å². The fourth-order valence-electron chi connectivity index (χ4n) is 3.91. The second-order valence-electron chi connectivity index (χ2n) is 8.97. The van der Waals surface area contributed by atoms with Crippen LogP contribution in [0.5, 0.6) is 0 Å². The number of aliphatic hydroxyl groups is 1. The van der Waals surface area contributed by atoms with Crippen LogP contribution in [0, 0.1) is 5.92 Å². The molecule has 0 bridgehead atoms. The van der Waals surface area contributed by atoms with Crippen LogP contribution in [0.15, 0.2) is 86.0 Å². The van der Waals surface area contributed by atoms with Crippen molar-refractivity contribution in [3.8, 4) is 0 Å². The topological polar surface area (TPSA) is 105 Å². The molecule has 2 aromatic rings. The van der Waals surface area contributed by atoms with E-state index in [-0.39, 0.29) is 43.8 Å². The summed E-state index contributed by atoms with van der Waals surface area (Å²) in [5, 5.41) is 15.5. The predicted octanol–water partition coefficient (Wildman–Crippen LogP) is 3.53. The van der Waals surface area contributed by atoms with E-state index in [1.54, 1.807) is 12.2 Å². The highest BCUT2D eigenvalue weighted by Crippen LogP contribution is 2.13. The van der Waals surface area contributed by atoms with Crippen molar-refractivity contribution in [3.63, 3.8) is 0 Å². The number of hydrogen-bond donors (Lipinski definition) is 3. The third kappa shape index (κ3) is 11.7. The van der Waals surface area contributed by atoms with Crippen molar-refractivity contribution in [2.75, 3.05) is 13.2 Å². The summed E-state index contributed by atoms with van der Waals surface area (Å²) >= 11 is 0. The highest BCUT2D eigenvalue weighted by atomic mass is 16.5. The number of benzene rings is 2. The van der Waals surface area contributed by atoms with Crippen molar-refractivity contribution in [3.05, 3.63) is 97.1 Å². The number of amides is 2. The maximum Gasteiger partial charge on any atom is 0.306 e. The molecule has 3 N–H and O–H groups in total. The van der Waals surface area contributed by atoms with Crippen LogP contribution in [0.1, 0.15) is 36.8 Å². The number of nitrogens with one attached hydrogen (secondary N) is 2. The molecule has 7 heteroatoms. The van der Waals surface area contributed by atoms with Gasteiger partial charge in [-0.2, -0.15) is 0 Å². The number of carbonyl (C=O) groups is 3. The van der Waals surface area contributed by atoms with Crippen molar-refractivity contribution in [2.24, 2.45) is 5.92 Å². The van der Waals surface area contributed by atoms with Gasteiger partial charge in [0.25, 0.3) is 0 Å². The van der Waals surface area contributed by atoms with E-state index in [1.807, 2.05) is 60.7 Å². The summed E-state index contributed by atoms with van der Waals surface area (Å²) in [5.41, 5.74) is 1.98. The Kier molecular flexibility index (Phi) is 13.5. The molecule has 0 radical (unpaired) electrons. The van der Waals surface area contributed by atoms with E-state index in [4.69, 9.17) is 4.74 Å². The van der Waals surface area contributed by atoms with Gasteiger partial charge in [0.2, 0.25) is 11.8 Å². The molecule has 2 rings (SSSR count). The standard InChI is InChI=1S/C30H38N2O5/c1-3-5-17-29(35)37-22-27(19-24-15-10-7-11-16-24)32-30(36)25(12-4-2)20-28(34)31-26(21-33)18-23-13-8-6-9-14-23/h3-4,6-11,13-16,25-27,33H,1-2,5,12,17-22H2,(H,31,34)(H,32,36). The molecule has 0 aliphatic heterocycles. The molecular weight excluding hydrogens is 468 g/mol. The first-order valence-electron chi connectivity index (χ1n) is 12.6. The van der Waals surface area contributed by atoms with Gasteiger partial charge in [-0.25, -0.2) is 0 Å².